The fourth-order valence-electron chi connectivity index (χ4n) is 2.09. The number of rotatable bonds is 7. The molecular weight excluding hydrogens is 212 g/mol. The molecule has 4 heteroatoms. The van der Waals surface area contributed by atoms with Crippen molar-refractivity contribution in [3.05, 3.63) is 18.0 Å². The van der Waals surface area contributed by atoms with E-state index in [1.807, 2.05) is 17.9 Å². The van der Waals surface area contributed by atoms with Crippen LogP contribution in [0.3, 0.4) is 0 Å². The van der Waals surface area contributed by atoms with Gasteiger partial charge in [0.05, 0.1) is 5.69 Å². The molecule has 0 atom stereocenters. The summed E-state index contributed by atoms with van der Waals surface area (Å²) in [5.74, 6) is 0. The molecule has 1 aromatic heterocycles. The van der Waals surface area contributed by atoms with Crippen molar-refractivity contribution in [2.45, 2.75) is 46.3 Å². The van der Waals surface area contributed by atoms with Crippen LogP contribution in [0.5, 0.6) is 0 Å². The maximum atomic E-state index is 4.34. The molecule has 98 valence electrons. The van der Waals surface area contributed by atoms with E-state index in [0.29, 0.717) is 12.1 Å². The van der Waals surface area contributed by atoms with Gasteiger partial charge in [-0.05, 0) is 33.8 Å². The van der Waals surface area contributed by atoms with E-state index in [9.17, 15) is 0 Å². The Hall–Kier alpha value is -0.870. The molecule has 0 aliphatic carbocycles. The van der Waals surface area contributed by atoms with Gasteiger partial charge in [-0.3, -0.25) is 9.58 Å². The largest absolute Gasteiger partial charge is 0.310 e. The number of nitrogens with zero attached hydrogens (tertiary/aromatic N) is 3. The van der Waals surface area contributed by atoms with Gasteiger partial charge in [0.15, 0.2) is 0 Å². The molecule has 0 radical (unpaired) electrons. The van der Waals surface area contributed by atoms with Crippen LogP contribution in [0.25, 0.3) is 0 Å². The number of hydrogen-bond donors (Lipinski definition) is 1. The molecule has 0 fully saturated rings. The maximum absolute atomic E-state index is 4.34. The van der Waals surface area contributed by atoms with Gasteiger partial charge < -0.3 is 5.32 Å². The van der Waals surface area contributed by atoms with Crippen molar-refractivity contribution >= 4 is 0 Å². The molecule has 1 N–H and O–H groups in total. The molecular formula is C13H26N4. The summed E-state index contributed by atoms with van der Waals surface area (Å²) < 4.78 is 1.84. The molecule has 1 heterocycles. The standard InChI is InChI=1S/C13H26N4/c1-11(2)17(12(3)4)9-7-14-10-13-6-8-16(5)15-13/h6,8,11-12,14H,7,9-10H2,1-5H3. The van der Waals surface area contributed by atoms with Gasteiger partial charge in [-0.2, -0.15) is 5.10 Å². The van der Waals surface area contributed by atoms with Crippen molar-refractivity contribution in [1.82, 2.24) is 20.0 Å². The van der Waals surface area contributed by atoms with E-state index < -0.39 is 0 Å². The van der Waals surface area contributed by atoms with Crippen molar-refractivity contribution < 1.29 is 0 Å². The minimum absolute atomic E-state index is 0.603. The zero-order chi connectivity index (χ0) is 12.8. The van der Waals surface area contributed by atoms with Gasteiger partial charge in [0, 0.05) is 45.0 Å². The van der Waals surface area contributed by atoms with Crippen molar-refractivity contribution in [3.8, 4) is 0 Å². The normalized spacial score (nSPS) is 12.0. The quantitative estimate of drug-likeness (QED) is 0.733. The highest BCUT2D eigenvalue weighted by molar-refractivity contribution is 4.97. The van der Waals surface area contributed by atoms with Crippen LogP contribution in [-0.2, 0) is 13.6 Å². The Labute approximate surface area is 105 Å². The summed E-state index contributed by atoms with van der Waals surface area (Å²) in [6.45, 7) is 11.9. The molecule has 0 aromatic carbocycles. The lowest BCUT2D eigenvalue weighted by molar-refractivity contribution is 0.175. The number of nitrogens with one attached hydrogen (secondary N) is 1. The average Bonchev–Trinajstić information content (AvgIpc) is 2.62. The molecule has 0 saturated carbocycles. The number of aryl methyl sites for hydroxylation is 1. The first-order chi connectivity index (χ1) is 8.00. The fraction of sp³-hybridized carbons (Fsp3) is 0.769. The second-order valence-corrected chi connectivity index (χ2v) is 5.08. The second-order valence-electron chi connectivity index (χ2n) is 5.08. The Morgan fingerprint density at radius 2 is 1.94 bits per heavy atom. The van der Waals surface area contributed by atoms with Crippen molar-refractivity contribution in [2.75, 3.05) is 13.1 Å². The predicted molar refractivity (Wildman–Crippen MR) is 71.9 cm³/mol. The molecule has 1 aromatic rings. The van der Waals surface area contributed by atoms with Crippen LogP contribution in [0.1, 0.15) is 33.4 Å². The van der Waals surface area contributed by atoms with Crippen LogP contribution in [0.4, 0.5) is 0 Å². The molecule has 0 saturated heterocycles. The summed E-state index contributed by atoms with van der Waals surface area (Å²) in [6, 6.07) is 3.26. The summed E-state index contributed by atoms with van der Waals surface area (Å²) in [6.07, 6.45) is 1.98. The van der Waals surface area contributed by atoms with E-state index in [-0.39, 0.29) is 0 Å². The highest BCUT2D eigenvalue weighted by atomic mass is 15.3. The zero-order valence-electron chi connectivity index (χ0n) is 11.8. The maximum Gasteiger partial charge on any atom is 0.0762 e. The van der Waals surface area contributed by atoms with Gasteiger partial charge >= 0.3 is 0 Å². The minimum atomic E-state index is 0.603. The van der Waals surface area contributed by atoms with Gasteiger partial charge in [-0.25, -0.2) is 0 Å². The lowest BCUT2D eigenvalue weighted by Crippen LogP contribution is -2.41. The topological polar surface area (TPSA) is 33.1 Å². The van der Waals surface area contributed by atoms with E-state index in [4.69, 9.17) is 0 Å². The highest BCUT2D eigenvalue weighted by Gasteiger charge is 2.12. The Kier molecular flexibility index (Phi) is 5.65. The Morgan fingerprint density at radius 3 is 2.41 bits per heavy atom. The Balaban J connectivity index is 2.23. The fourth-order valence-corrected chi connectivity index (χ4v) is 2.09. The number of hydrogen-bond acceptors (Lipinski definition) is 3. The predicted octanol–water partition coefficient (Wildman–Crippen LogP) is 1.63. The molecule has 1 rings (SSSR count). The smallest absolute Gasteiger partial charge is 0.0762 e. The monoisotopic (exact) mass is 238 g/mol. The van der Waals surface area contributed by atoms with Crippen LogP contribution >= 0.6 is 0 Å². The van der Waals surface area contributed by atoms with Crippen molar-refractivity contribution in [3.63, 3.8) is 0 Å². The van der Waals surface area contributed by atoms with Crippen molar-refractivity contribution in [2.24, 2.45) is 7.05 Å². The zero-order valence-corrected chi connectivity index (χ0v) is 11.8. The van der Waals surface area contributed by atoms with E-state index in [1.54, 1.807) is 0 Å². The van der Waals surface area contributed by atoms with Crippen molar-refractivity contribution in [1.29, 1.82) is 0 Å². The molecule has 0 aliphatic heterocycles. The summed E-state index contributed by atoms with van der Waals surface area (Å²) in [5.41, 5.74) is 1.10. The SMILES string of the molecule is CC(C)N(CCNCc1ccn(C)n1)C(C)C. The van der Waals surface area contributed by atoms with Gasteiger partial charge in [0.2, 0.25) is 0 Å². The van der Waals surface area contributed by atoms with Gasteiger partial charge in [0.25, 0.3) is 0 Å². The third-order valence-corrected chi connectivity index (χ3v) is 2.95. The molecule has 0 unspecified atom stereocenters. The van der Waals surface area contributed by atoms with Crippen LogP contribution in [0, 0.1) is 0 Å². The summed E-state index contributed by atoms with van der Waals surface area (Å²) in [7, 11) is 1.95. The molecule has 17 heavy (non-hydrogen) atoms. The first kappa shape index (κ1) is 14.2. The minimum Gasteiger partial charge on any atom is -0.310 e. The second kappa shape index (κ2) is 6.77. The van der Waals surface area contributed by atoms with Gasteiger partial charge in [-0.1, -0.05) is 0 Å². The van der Waals surface area contributed by atoms with Gasteiger partial charge in [-0.15, -0.1) is 0 Å². The van der Waals surface area contributed by atoms with E-state index in [0.717, 1.165) is 25.3 Å². The Bertz CT molecular complexity index is 309. The average molecular weight is 238 g/mol. The van der Waals surface area contributed by atoms with E-state index in [2.05, 4.69) is 49.1 Å². The summed E-state index contributed by atoms with van der Waals surface area (Å²) in [4.78, 5) is 2.49. The third kappa shape index (κ3) is 4.88. The van der Waals surface area contributed by atoms with E-state index >= 15 is 0 Å². The van der Waals surface area contributed by atoms with Crippen LogP contribution in [0.15, 0.2) is 12.3 Å². The van der Waals surface area contributed by atoms with E-state index in [1.165, 1.54) is 0 Å². The molecule has 0 bridgehead atoms. The molecule has 0 aliphatic rings. The molecule has 4 nitrogen and oxygen atoms in total. The highest BCUT2D eigenvalue weighted by Crippen LogP contribution is 2.03. The van der Waals surface area contributed by atoms with Gasteiger partial charge in [0.1, 0.15) is 0 Å². The first-order valence-corrected chi connectivity index (χ1v) is 6.45. The lowest BCUT2D eigenvalue weighted by atomic mass is 10.2. The lowest BCUT2D eigenvalue weighted by Gasteiger charge is -2.30. The Morgan fingerprint density at radius 1 is 1.29 bits per heavy atom. The first-order valence-electron chi connectivity index (χ1n) is 6.45. The van der Waals surface area contributed by atoms with Crippen LogP contribution in [0.2, 0.25) is 0 Å². The number of aromatic nitrogens is 2. The molecule has 0 spiro atoms. The van der Waals surface area contributed by atoms with Crippen LogP contribution in [-0.4, -0.2) is 39.9 Å². The summed E-state index contributed by atoms with van der Waals surface area (Å²) >= 11 is 0. The molecule has 0 amide bonds. The van der Waals surface area contributed by atoms with Crippen LogP contribution < -0.4 is 5.32 Å². The third-order valence-electron chi connectivity index (χ3n) is 2.95. The summed E-state index contributed by atoms with van der Waals surface area (Å²) in [5, 5.41) is 7.78.